The monoisotopic (exact) mass is 372 g/mol. The summed E-state index contributed by atoms with van der Waals surface area (Å²) in [7, 11) is 0. The molecule has 0 N–H and O–H groups in total. The standard InChI is InChI=1S/C24H36O3/c1-5-22(26)27-17-10-12-23(3)16(14-17)6-7-18-20-9-8-19(15(2)25)24(20,4)13-11-21(18)23/h6,17-21H,5,7-14H2,1-4H3. The molecule has 3 fully saturated rings. The fraction of sp³-hybridized carbons (Fsp3) is 0.833. The normalized spacial score (nSPS) is 45.9. The maximum absolute atomic E-state index is 12.3. The van der Waals surface area contributed by atoms with Gasteiger partial charge in [-0.3, -0.25) is 9.59 Å². The average molecular weight is 373 g/mol. The molecule has 0 aromatic heterocycles. The van der Waals surface area contributed by atoms with Crippen LogP contribution in [0.2, 0.25) is 0 Å². The molecule has 0 radical (unpaired) electrons. The van der Waals surface area contributed by atoms with Crippen molar-refractivity contribution in [1.82, 2.24) is 0 Å². The first-order chi connectivity index (χ1) is 12.8. The minimum Gasteiger partial charge on any atom is -0.462 e. The summed E-state index contributed by atoms with van der Waals surface area (Å²) in [6.45, 7) is 8.57. The lowest BCUT2D eigenvalue weighted by Crippen LogP contribution is -2.51. The van der Waals surface area contributed by atoms with Crippen LogP contribution in [0.5, 0.6) is 0 Å². The highest BCUT2D eigenvalue weighted by Crippen LogP contribution is 2.66. The minimum atomic E-state index is -0.0625. The molecule has 150 valence electrons. The fourth-order valence-electron chi connectivity index (χ4n) is 7.67. The Bertz CT molecular complexity index is 665. The maximum atomic E-state index is 12.3. The second-order valence-corrected chi connectivity index (χ2v) is 10.3. The van der Waals surface area contributed by atoms with Crippen molar-refractivity contribution in [3.63, 3.8) is 0 Å². The van der Waals surface area contributed by atoms with Gasteiger partial charge >= 0.3 is 5.97 Å². The van der Waals surface area contributed by atoms with Crippen LogP contribution in [0.1, 0.15) is 85.5 Å². The number of ketones is 1. The average Bonchev–Trinajstić information content (AvgIpc) is 2.99. The Morgan fingerprint density at radius 1 is 1.11 bits per heavy atom. The van der Waals surface area contributed by atoms with E-state index in [1.807, 2.05) is 13.8 Å². The van der Waals surface area contributed by atoms with E-state index in [9.17, 15) is 9.59 Å². The highest BCUT2D eigenvalue weighted by Gasteiger charge is 2.59. The van der Waals surface area contributed by atoms with Gasteiger partial charge in [0.25, 0.3) is 0 Å². The van der Waals surface area contributed by atoms with Crippen LogP contribution in [0.3, 0.4) is 0 Å². The summed E-state index contributed by atoms with van der Waals surface area (Å²) in [5.41, 5.74) is 2.05. The zero-order valence-electron chi connectivity index (χ0n) is 17.6. The van der Waals surface area contributed by atoms with E-state index in [2.05, 4.69) is 19.9 Å². The molecule has 0 aromatic rings. The minimum absolute atomic E-state index is 0.0625. The number of carbonyl (C=O) groups is 2. The van der Waals surface area contributed by atoms with Gasteiger partial charge in [0.1, 0.15) is 11.9 Å². The lowest BCUT2D eigenvalue weighted by atomic mass is 9.47. The zero-order chi connectivity index (χ0) is 19.4. The summed E-state index contributed by atoms with van der Waals surface area (Å²) >= 11 is 0. The third-order valence-electron chi connectivity index (χ3n) is 9.14. The first kappa shape index (κ1) is 19.2. The molecule has 4 rings (SSSR count). The van der Waals surface area contributed by atoms with Crippen molar-refractivity contribution in [2.24, 2.45) is 34.5 Å². The van der Waals surface area contributed by atoms with E-state index >= 15 is 0 Å². The van der Waals surface area contributed by atoms with Crippen molar-refractivity contribution in [2.75, 3.05) is 0 Å². The van der Waals surface area contributed by atoms with Gasteiger partial charge in [-0.2, -0.15) is 0 Å². The van der Waals surface area contributed by atoms with Crippen LogP contribution in [0.15, 0.2) is 11.6 Å². The molecule has 0 aliphatic heterocycles. The smallest absolute Gasteiger partial charge is 0.305 e. The van der Waals surface area contributed by atoms with Crippen LogP contribution in [-0.4, -0.2) is 17.9 Å². The molecular formula is C24H36O3. The van der Waals surface area contributed by atoms with Gasteiger partial charge in [-0.15, -0.1) is 0 Å². The van der Waals surface area contributed by atoms with Gasteiger partial charge in [-0.1, -0.05) is 32.4 Å². The highest BCUT2D eigenvalue weighted by molar-refractivity contribution is 5.79. The van der Waals surface area contributed by atoms with Crippen molar-refractivity contribution >= 4 is 11.8 Å². The van der Waals surface area contributed by atoms with Gasteiger partial charge < -0.3 is 4.74 Å². The molecule has 7 atom stereocenters. The van der Waals surface area contributed by atoms with E-state index in [-0.39, 0.29) is 28.8 Å². The van der Waals surface area contributed by atoms with Crippen LogP contribution in [-0.2, 0) is 14.3 Å². The number of carbonyl (C=O) groups excluding carboxylic acids is 2. The van der Waals surface area contributed by atoms with Crippen molar-refractivity contribution in [3.8, 4) is 0 Å². The van der Waals surface area contributed by atoms with Crippen molar-refractivity contribution < 1.29 is 14.3 Å². The zero-order valence-corrected chi connectivity index (χ0v) is 17.6. The molecule has 0 saturated heterocycles. The molecule has 0 spiro atoms. The molecular weight excluding hydrogens is 336 g/mol. The Morgan fingerprint density at radius 3 is 2.59 bits per heavy atom. The van der Waals surface area contributed by atoms with E-state index in [1.165, 1.54) is 19.3 Å². The van der Waals surface area contributed by atoms with Gasteiger partial charge in [-0.25, -0.2) is 0 Å². The van der Waals surface area contributed by atoms with Gasteiger partial charge in [0.2, 0.25) is 0 Å². The third-order valence-corrected chi connectivity index (χ3v) is 9.14. The second kappa shape index (κ2) is 6.74. The van der Waals surface area contributed by atoms with E-state index in [0.29, 0.717) is 18.1 Å². The van der Waals surface area contributed by atoms with Gasteiger partial charge in [0.15, 0.2) is 0 Å². The van der Waals surface area contributed by atoms with Crippen LogP contribution in [0.4, 0.5) is 0 Å². The van der Waals surface area contributed by atoms with Crippen LogP contribution >= 0.6 is 0 Å². The number of ether oxygens (including phenoxy) is 1. The van der Waals surface area contributed by atoms with Gasteiger partial charge in [0, 0.05) is 18.8 Å². The lowest BCUT2D eigenvalue weighted by molar-refractivity contribution is -0.151. The second-order valence-electron chi connectivity index (χ2n) is 10.3. The molecule has 0 aromatic carbocycles. The van der Waals surface area contributed by atoms with Crippen LogP contribution < -0.4 is 0 Å². The summed E-state index contributed by atoms with van der Waals surface area (Å²) in [4.78, 5) is 24.0. The first-order valence-electron chi connectivity index (χ1n) is 11.2. The molecule has 4 aliphatic rings. The number of rotatable bonds is 3. The molecule has 3 nitrogen and oxygen atoms in total. The van der Waals surface area contributed by atoms with Crippen molar-refractivity contribution in [2.45, 2.75) is 91.6 Å². The third kappa shape index (κ3) is 2.91. The van der Waals surface area contributed by atoms with Crippen molar-refractivity contribution in [1.29, 1.82) is 0 Å². The summed E-state index contributed by atoms with van der Waals surface area (Å²) in [6, 6.07) is 0. The number of Topliss-reactive ketones (excluding diaryl/α,β-unsaturated/α-hetero) is 1. The summed E-state index contributed by atoms with van der Waals surface area (Å²) in [5.74, 6) is 2.81. The molecule has 0 heterocycles. The SMILES string of the molecule is CCC(=O)OC1CCC2(C)C(=CCC3C2CCC2(C)C(C(C)=O)CCC32)C1. The summed E-state index contributed by atoms with van der Waals surface area (Å²) in [6.07, 6.45) is 12.1. The van der Waals surface area contributed by atoms with Crippen molar-refractivity contribution in [3.05, 3.63) is 11.6 Å². The Balaban J connectivity index is 1.56. The Hall–Kier alpha value is -1.12. The molecule has 3 saturated carbocycles. The number of hydrogen-bond acceptors (Lipinski definition) is 3. The predicted molar refractivity (Wildman–Crippen MR) is 106 cm³/mol. The Kier molecular flexibility index (Phi) is 4.79. The Labute approximate surface area is 164 Å². The fourth-order valence-corrected chi connectivity index (χ4v) is 7.67. The maximum Gasteiger partial charge on any atom is 0.305 e. The van der Waals surface area contributed by atoms with Gasteiger partial charge in [-0.05, 0) is 80.5 Å². The molecule has 27 heavy (non-hydrogen) atoms. The highest BCUT2D eigenvalue weighted by atomic mass is 16.5. The van der Waals surface area contributed by atoms with Gasteiger partial charge in [0.05, 0.1) is 0 Å². The van der Waals surface area contributed by atoms with E-state index in [4.69, 9.17) is 4.74 Å². The topological polar surface area (TPSA) is 43.4 Å². The Morgan fingerprint density at radius 2 is 1.89 bits per heavy atom. The molecule has 7 unspecified atom stereocenters. The number of esters is 1. The first-order valence-corrected chi connectivity index (χ1v) is 11.2. The van der Waals surface area contributed by atoms with E-state index in [1.54, 1.807) is 5.57 Å². The molecule has 0 amide bonds. The molecule has 4 aliphatic carbocycles. The largest absolute Gasteiger partial charge is 0.462 e. The van der Waals surface area contributed by atoms with E-state index < -0.39 is 0 Å². The number of allylic oxidation sites excluding steroid dienone is 1. The molecule has 3 heteroatoms. The number of fused-ring (bicyclic) bond motifs is 5. The van der Waals surface area contributed by atoms with E-state index in [0.717, 1.165) is 43.9 Å². The lowest BCUT2D eigenvalue weighted by Gasteiger charge is -2.58. The quantitative estimate of drug-likeness (QED) is 0.487. The molecule has 0 bridgehead atoms. The summed E-state index contributed by atoms with van der Waals surface area (Å²) in [5, 5.41) is 0. The van der Waals surface area contributed by atoms with Crippen LogP contribution in [0, 0.1) is 34.5 Å². The van der Waals surface area contributed by atoms with Crippen LogP contribution in [0.25, 0.3) is 0 Å². The predicted octanol–water partition coefficient (Wildman–Crippen LogP) is 5.48. The number of hydrogen-bond donors (Lipinski definition) is 0. The summed E-state index contributed by atoms with van der Waals surface area (Å²) < 4.78 is 5.68.